The van der Waals surface area contributed by atoms with E-state index in [-0.39, 0.29) is 17.3 Å². The van der Waals surface area contributed by atoms with Crippen molar-refractivity contribution in [1.82, 2.24) is 29.8 Å². The van der Waals surface area contributed by atoms with Crippen LogP contribution in [0.25, 0.3) is 5.69 Å². The smallest absolute Gasteiger partial charge is 0.278 e. The first-order chi connectivity index (χ1) is 16.3. The summed E-state index contributed by atoms with van der Waals surface area (Å²) in [5, 5.41) is 28.3. The molecule has 4 aromatic rings. The highest BCUT2D eigenvalue weighted by Gasteiger charge is 2.19. The van der Waals surface area contributed by atoms with Crippen LogP contribution in [0.2, 0.25) is 0 Å². The fourth-order valence-corrected chi connectivity index (χ4v) is 3.13. The molecule has 1 atom stereocenters. The van der Waals surface area contributed by atoms with Gasteiger partial charge in [-0.05, 0) is 44.2 Å². The van der Waals surface area contributed by atoms with E-state index >= 15 is 0 Å². The zero-order valence-electron chi connectivity index (χ0n) is 18.1. The Morgan fingerprint density at radius 3 is 2.44 bits per heavy atom. The van der Waals surface area contributed by atoms with E-state index in [0.717, 1.165) is 0 Å². The van der Waals surface area contributed by atoms with E-state index in [0.29, 0.717) is 22.8 Å². The second kappa shape index (κ2) is 9.28. The molecule has 0 saturated heterocycles. The van der Waals surface area contributed by atoms with Crippen molar-refractivity contribution in [2.24, 2.45) is 0 Å². The quantitative estimate of drug-likeness (QED) is 0.313. The summed E-state index contributed by atoms with van der Waals surface area (Å²) in [5.41, 5.74) is 1.84. The molecule has 2 heterocycles. The van der Waals surface area contributed by atoms with Gasteiger partial charge in [0.25, 0.3) is 11.6 Å². The number of carbonyl (C=O) groups is 2. The van der Waals surface area contributed by atoms with Gasteiger partial charge in [-0.1, -0.05) is 11.3 Å². The summed E-state index contributed by atoms with van der Waals surface area (Å²) in [6.45, 7) is 3.34. The first-order valence-corrected chi connectivity index (χ1v) is 10.1. The van der Waals surface area contributed by atoms with Crippen LogP contribution in [0, 0.1) is 17.0 Å². The maximum atomic E-state index is 12.7. The topological polar surface area (TPSA) is 163 Å². The lowest BCUT2D eigenvalue weighted by Gasteiger charge is -2.12. The number of carbonyl (C=O) groups excluding carboxylic acids is 2. The zero-order chi connectivity index (χ0) is 24.2. The van der Waals surface area contributed by atoms with Crippen LogP contribution in [0.1, 0.15) is 29.1 Å². The standard InChI is InChI=1S/C21H19N9O4/c1-13-19(26-27-29(13)17-4-3-5-18(10-17)30(33)34)21(32)25-16-8-6-15(7-9-16)24-20(31)14(2)28-12-22-11-23-28/h3-12,14H,1-2H3,(H,24,31)(H,25,32). The zero-order valence-corrected chi connectivity index (χ0v) is 18.1. The average molecular weight is 461 g/mol. The SMILES string of the molecule is Cc1c(C(=O)Nc2ccc(NC(=O)C(C)n3cncn3)cc2)nnn1-c1cccc([N+](=O)[O-])c1. The Labute approximate surface area is 192 Å². The fourth-order valence-electron chi connectivity index (χ4n) is 3.13. The molecule has 2 aromatic heterocycles. The van der Waals surface area contributed by atoms with Crippen molar-refractivity contribution in [2.45, 2.75) is 19.9 Å². The molecule has 2 N–H and O–H groups in total. The summed E-state index contributed by atoms with van der Waals surface area (Å²) in [5.74, 6) is -0.763. The molecule has 4 rings (SSSR count). The lowest BCUT2D eigenvalue weighted by atomic mass is 10.2. The predicted molar refractivity (Wildman–Crippen MR) is 121 cm³/mol. The molecule has 0 fully saturated rings. The minimum atomic E-state index is -0.543. The number of non-ortho nitro benzene ring substituents is 1. The number of rotatable bonds is 7. The number of hydrogen-bond donors (Lipinski definition) is 2. The summed E-state index contributed by atoms with van der Waals surface area (Å²) >= 11 is 0. The summed E-state index contributed by atoms with van der Waals surface area (Å²) in [4.78, 5) is 39.4. The van der Waals surface area contributed by atoms with E-state index in [9.17, 15) is 19.7 Å². The van der Waals surface area contributed by atoms with Gasteiger partial charge >= 0.3 is 0 Å². The lowest BCUT2D eigenvalue weighted by Crippen LogP contribution is -2.24. The maximum Gasteiger partial charge on any atom is 0.278 e. The number of nitrogens with one attached hydrogen (secondary N) is 2. The molecule has 0 radical (unpaired) electrons. The van der Waals surface area contributed by atoms with E-state index in [1.165, 1.54) is 40.2 Å². The molecule has 34 heavy (non-hydrogen) atoms. The normalized spacial score (nSPS) is 11.6. The van der Waals surface area contributed by atoms with Crippen LogP contribution in [0.4, 0.5) is 17.1 Å². The molecule has 0 aliphatic carbocycles. The molecule has 0 bridgehead atoms. The first-order valence-electron chi connectivity index (χ1n) is 10.1. The Balaban J connectivity index is 1.43. The molecule has 13 heteroatoms. The summed E-state index contributed by atoms with van der Waals surface area (Å²) in [6, 6.07) is 11.9. The molecule has 1 unspecified atom stereocenters. The fraction of sp³-hybridized carbons (Fsp3) is 0.143. The van der Waals surface area contributed by atoms with Crippen molar-refractivity contribution in [1.29, 1.82) is 0 Å². The predicted octanol–water partition coefficient (Wildman–Crippen LogP) is 2.53. The van der Waals surface area contributed by atoms with Crippen LogP contribution < -0.4 is 10.6 Å². The van der Waals surface area contributed by atoms with Crippen LogP contribution in [-0.2, 0) is 4.79 Å². The molecule has 0 aliphatic rings. The van der Waals surface area contributed by atoms with Gasteiger partial charge in [-0.15, -0.1) is 5.10 Å². The summed E-state index contributed by atoms with van der Waals surface area (Å²) in [6.07, 6.45) is 2.81. The Bertz CT molecular complexity index is 1350. The molecule has 2 amide bonds. The second-order valence-electron chi connectivity index (χ2n) is 7.28. The van der Waals surface area contributed by atoms with Crippen molar-refractivity contribution < 1.29 is 14.5 Å². The van der Waals surface area contributed by atoms with Crippen LogP contribution >= 0.6 is 0 Å². The number of nitro groups is 1. The monoisotopic (exact) mass is 461 g/mol. The van der Waals surface area contributed by atoms with Gasteiger partial charge in [0, 0.05) is 23.5 Å². The van der Waals surface area contributed by atoms with Crippen molar-refractivity contribution >= 4 is 28.9 Å². The van der Waals surface area contributed by atoms with Crippen molar-refractivity contribution in [2.75, 3.05) is 10.6 Å². The minimum Gasteiger partial charge on any atom is -0.324 e. The Hall–Kier alpha value is -4.94. The number of nitro benzene ring substituents is 1. The number of aromatic nitrogens is 6. The van der Waals surface area contributed by atoms with Gasteiger partial charge in [-0.2, -0.15) is 5.10 Å². The number of nitrogens with zero attached hydrogens (tertiary/aromatic N) is 7. The number of benzene rings is 2. The highest BCUT2D eigenvalue weighted by Crippen LogP contribution is 2.20. The van der Waals surface area contributed by atoms with Crippen molar-refractivity contribution in [3.63, 3.8) is 0 Å². The third-order valence-corrected chi connectivity index (χ3v) is 5.02. The van der Waals surface area contributed by atoms with Crippen LogP contribution in [0.3, 0.4) is 0 Å². The highest BCUT2D eigenvalue weighted by molar-refractivity contribution is 6.03. The minimum absolute atomic E-state index is 0.0746. The van der Waals surface area contributed by atoms with E-state index < -0.39 is 16.9 Å². The van der Waals surface area contributed by atoms with E-state index in [1.807, 2.05) is 0 Å². The largest absolute Gasteiger partial charge is 0.324 e. The van der Waals surface area contributed by atoms with Crippen molar-refractivity contribution in [3.05, 3.63) is 82.7 Å². The summed E-state index contributed by atoms with van der Waals surface area (Å²) in [7, 11) is 0. The molecule has 0 saturated carbocycles. The molecule has 0 aliphatic heterocycles. The number of hydrogen-bond acceptors (Lipinski definition) is 8. The first kappa shape index (κ1) is 22.3. The van der Waals surface area contributed by atoms with Gasteiger partial charge in [-0.3, -0.25) is 19.7 Å². The summed E-state index contributed by atoms with van der Waals surface area (Å²) < 4.78 is 2.80. The molecular formula is C21H19N9O4. The third-order valence-electron chi connectivity index (χ3n) is 5.02. The van der Waals surface area contributed by atoms with Crippen molar-refractivity contribution in [3.8, 4) is 5.69 Å². The van der Waals surface area contributed by atoms with E-state index in [2.05, 4.69) is 31.0 Å². The van der Waals surface area contributed by atoms with Crippen LogP contribution in [-0.4, -0.2) is 46.5 Å². The number of amides is 2. The second-order valence-corrected chi connectivity index (χ2v) is 7.28. The molecular weight excluding hydrogens is 442 g/mol. The highest BCUT2D eigenvalue weighted by atomic mass is 16.6. The molecule has 172 valence electrons. The molecule has 13 nitrogen and oxygen atoms in total. The average Bonchev–Trinajstić information content (AvgIpc) is 3.50. The Morgan fingerprint density at radius 2 is 1.79 bits per heavy atom. The van der Waals surface area contributed by atoms with Gasteiger partial charge in [0.1, 0.15) is 18.7 Å². The Morgan fingerprint density at radius 1 is 1.09 bits per heavy atom. The Kier molecular flexibility index (Phi) is 6.07. The van der Waals surface area contributed by atoms with Gasteiger partial charge in [0.2, 0.25) is 5.91 Å². The van der Waals surface area contributed by atoms with Gasteiger partial charge in [-0.25, -0.2) is 14.3 Å². The van der Waals surface area contributed by atoms with Crippen LogP contribution in [0.15, 0.2) is 61.2 Å². The van der Waals surface area contributed by atoms with Gasteiger partial charge < -0.3 is 10.6 Å². The van der Waals surface area contributed by atoms with E-state index in [4.69, 9.17) is 0 Å². The van der Waals surface area contributed by atoms with E-state index in [1.54, 1.807) is 44.2 Å². The number of anilines is 2. The van der Waals surface area contributed by atoms with Gasteiger partial charge in [0.05, 0.1) is 16.3 Å². The van der Waals surface area contributed by atoms with Gasteiger partial charge in [0.15, 0.2) is 5.69 Å². The third kappa shape index (κ3) is 4.62. The lowest BCUT2D eigenvalue weighted by molar-refractivity contribution is -0.384. The van der Waals surface area contributed by atoms with Crippen LogP contribution in [0.5, 0.6) is 0 Å². The molecule has 0 spiro atoms. The molecule has 2 aromatic carbocycles. The maximum absolute atomic E-state index is 12.7.